The Labute approximate surface area is 143 Å². The molecule has 2 aromatic carbocycles. The van der Waals surface area contributed by atoms with Gasteiger partial charge in [-0.2, -0.15) is 0 Å². The Kier molecular flexibility index (Phi) is 4.24. The van der Waals surface area contributed by atoms with Gasteiger partial charge in [-0.1, -0.05) is 42.5 Å². The maximum Gasteiger partial charge on any atom is 0.224 e. The van der Waals surface area contributed by atoms with E-state index in [0.29, 0.717) is 6.42 Å². The zero-order valence-corrected chi connectivity index (χ0v) is 14.1. The summed E-state index contributed by atoms with van der Waals surface area (Å²) < 4.78 is 0. The first-order valence-electron chi connectivity index (χ1n) is 8.99. The van der Waals surface area contributed by atoms with Crippen molar-refractivity contribution < 1.29 is 4.79 Å². The summed E-state index contributed by atoms with van der Waals surface area (Å²) in [5, 5.41) is 0. The number of benzene rings is 2. The minimum Gasteiger partial charge on any atom is -0.371 e. The van der Waals surface area contributed by atoms with Crippen LogP contribution < -0.4 is 4.90 Å². The molecule has 2 aliphatic rings. The van der Waals surface area contributed by atoms with E-state index in [0.717, 1.165) is 39.0 Å². The Morgan fingerprint density at radius 2 is 1.62 bits per heavy atom. The number of hydrogen-bond donors (Lipinski definition) is 0. The number of anilines is 1. The molecule has 0 saturated carbocycles. The van der Waals surface area contributed by atoms with Gasteiger partial charge in [0.2, 0.25) is 5.91 Å². The van der Waals surface area contributed by atoms with Crippen molar-refractivity contribution in [2.75, 3.05) is 24.5 Å². The number of carbonyl (C=O) groups excluding carboxylic acids is 1. The molecule has 0 fully saturated rings. The van der Waals surface area contributed by atoms with Crippen molar-refractivity contribution in [3.05, 3.63) is 65.2 Å². The van der Waals surface area contributed by atoms with Gasteiger partial charge in [-0.25, -0.2) is 0 Å². The summed E-state index contributed by atoms with van der Waals surface area (Å²) in [6.07, 6.45) is 3.93. The molecule has 0 aromatic heterocycles. The minimum atomic E-state index is 0.285. The lowest BCUT2D eigenvalue weighted by Gasteiger charge is -2.33. The number of fused-ring (bicyclic) bond motifs is 2. The van der Waals surface area contributed by atoms with E-state index < -0.39 is 0 Å². The second kappa shape index (κ2) is 6.68. The van der Waals surface area contributed by atoms with E-state index in [4.69, 9.17) is 0 Å². The predicted molar refractivity (Wildman–Crippen MR) is 97.2 cm³/mol. The van der Waals surface area contributed by atoms with Crippen LogP contribution in [-0.2, 0) is 24.2 Å². The highest BCUT2D eigenvalue weighted by Crippen LogP contribution is 2.27. The summed E-state index contributed by atoms with van der Waals surface area (Å²) in [7, 11) is 0. The van der Waals surface area contributed by atoms with Crippen molar-refractivity contribution >= 4 is 11.6 Å². The third-order valence-corrected chi connectivity index (χ3v) is 5.29. The van der Waals surface area contributed by atoms with Crippen LogP contribution in [0.15, 0.2) is 48.5 Å². The molecule has 2 heterocycles. The van der Waals surface area contributed by atoms with Gasteiger partial charge in [-0.15, -0.1) is 0 Å². The van der Waals surface area contributed by atoms with E-state index in [2.05, 4.69) is 53.4 Å². The molecule has 2 aliphatic heterocycles. The molecule has 0 aliphatic carbocycles. The molecule has 1 amide bonds. The fraction of sp³-hybridized carbons (Fsp3) is 0.381. The maximum absolute atomic E-state index is 12.7. The largest absolute Gasteiger partial charge is 0.371 e. The van der Waals surface area contributed by atoms with Gasteiger partial charge >= 0.3 is 0 Å². The molecule has 0 radical (unpaired) electrons. The summed E-state index contributed by atoms with van der Waals surface area (Å²) in [5.41, 5.74) is 5.44. The Balaban J connectivity index is 1.38. The van der Waals surface area contributed by atoms with E-state index in [1.165, 1.54) is 28.8 Å². The third-order valence-electron chi connectivity index (χ3n) is 5.29. The summed E-state index contributed by atoms with van der Waals surface area (Å²) in [6.45, 7) is 3.51. The minimum absolute atomic E-state index is 0.285. The van der Waals surface area contributed by atoms with E-state index in [1.54, 1.807) is 0 Å². The van der Waals surface area contributed by atoms with Gasteiger partial charge in [0.1, 0.15) is 0 Å². The highest BCUT2D eigenvalue weighted by atomic mass is 16.2. The van der Waals surface area contributed by atoms with E-state index in [-0.39, 0.29) is 5.91 Å². The molecular weight excluding hydrogens is 296 g/mol. The Morgan fingerprint density at radius 1 is 0.875 bits per heavy atom. The average Bonchev–Trinajstić information content (AvgIpc) is 2.65. The van der Waals surface area contributed by atoms with Crippen molar-refractivity contribution in [3.63, 3.8) is 0 Å². The third kappa shape index (κ3) is 3.03. The first-order chi connectivity index (χ1) is 11.8. The van der Waals surface area contributed by atoms with Crippen LogP contribution in [0.4, 0.5) is 5.69 Å². The average molecular weight is 320 g/mol. The van der Waals surface area contributed by atoms with Gasteiger partial charge in [0.05, 0.1) is 0 Å². The Morgan fingerprint density at radius 3 is 2.50 bits per heavy atom. The fourth-order valence-corrected chi connectivity index (χ4v) is 3.94. The molecule has 0 unspecified atom stereocenters. The molecule has 3 nitrogen and oxygen atoms in total. The van der Waals surface area contributed by atoms with Crippen molar-refractivity contribution in [2.24, 2.45) is 0 Å². The molecule has 0 spiro atoms. The highest BCUT2D eigenvalue weighted by molar-refractivity contribution is 5.77. The van der Waals surface area contributed by atoms with Gasteiger partial charge in [-0.05, 0) is 42.0 Å². The zero-order valence-electron chi connectivity index (χ0n) is 14.1. The maximum atomic E-state index is 12.7. The van der Waals surface area contributed by atoms with Crippen LogP contribution >= 0.6 is 0 Å². The molecule has 4 rings (SSSR count). The number of aryl methyl sites for hydroxylation is 1. The quantitative estimate of drug-likeness (QED) is 0.865. The molecule has 124 valence electrons. The molecular formula is C21H24N2O. The number of amides is 1. The highest BCUT2D eigenvalue weighted by Gasteiger charge is 2.22. The van der Waals surface area contributed by atoms with Gasteiger partial charge in [0, 0.05) is 38.3 Å². The van der Waals surface area contributed by atoms with Crippen LogP contribution in [0.25, 0.3) is 0 Å². The monoisotopic (exact) mass is 320 g/mol. The van der Waals surface area contributed by atoms with Crippen molar-refractivity contribution in [1.29, 1.82) is 0 Å². The molecule has 0 saturated heterocycles. The number of rotatable bonds is 3. The number of para-hydroxylation sites is 1. The summed E-state index contributed by atoms with van der Waals surface area (Å²) in [4.78, 5) is 17.1. The normalized spacial score (nSPS) is 16.5. The Hall–Kier alpha value is -2.29. The Bertz CT molecular complexity index is 740. The van der Waals surface area contributed by atoms with Gasteiger partial charge in [0.25, 0.3) is 0 Å². The molecule has 0 N–H and O–H groups in total. The SMILES string of the molecule is O=C(CCN1CCCc2ccccc21)N1CCc2ccccc2C1. The lowest BCUT2D eigenvalue weighted by molar-refractivity contribution is -0.131. The lowest BCUT2D eigenvalue weighted by Crippen LogP contribution is -2.39. The van der Waals surface area contributed by atoms with Crippen molar-refractivity contribution in [3.8, 4) is 0 Å². The molecule has 24 heavy (non-hydrogen) atoms. The van der Waals surface area contributed by atoms with Crippen LogP contribution in [0.1, 0.15) is 29.5 Å². The first kappa shape index (κ1) is 15.3. The van der Waals surface area contributed by atoms with E-state index >= 15 is 0 Å². The molecule has 0 bridgehead atoms. The standard InChI is InChI=1S/C21H24N2O/c24-21(23-14-11-17-6-1-2-8-19(17)16-23)12-15-22-13-5-9-18-7-3-4-10-20(18)22/h1-4,6-8,10H,5,9,11-16H2. The second-order valence-electron chi connectivity index (χ2n) is 6.80. The number of carbonyl (C=O) groups is 1. The van der Waals surface area contributed by atoms with Crippen LogP contribution in [-0.4, -0.2) is 30.4 Å². The fourth-order valence-electron chi connectivity index (χ4n) is 3.94. The van der Waals surface area contributed by atoms with Crippen molar-refractivity contribution in [1.82, 2.24) is 4.90 Å². The van der Waals surface area contributed by atoms with Gasteiger partial charge in [0.15, 0.2) is 0 Å². The smallest absolute Gasteiger partial charge is 0.224 e. The van der Waals surface area contributed by atoms with Crippen LogP contribution in [0, 0.1) is 0 Å². The summed E-state index contributed by atoms with van der Waals surface area (Å²) >= 11 is 0. The van der Waals surface area contributed by atoms with Crippen LogP contribution in [0.5, 0.6) is 0 Å². The molecule has 3 heteroatoms. The van der Waals surface area contributed by atoms with Crippen LogP contribution in [0.2, 0.25) is 0 Å². The van der Waals surface area contributed by atoms with Gasteiger partial charge < -0.3 is 9.80 Å². The molecule has 2 aromatic rings. The topological polar surface area (TPSA) is 23.6 Å². The second-order valence-corrected chi connectivity index (χ2v) is 6.80. The number of hydrogen-bond acceptors (Lipinski definition) is 2. The number of nitrogens with zero attached hydrogens (tertiary/aromatic N) is 2. The van der Waals surface area contributed by atoms with E-state index in [1.807, 2.05) is 4.90 Å². The van der Waals surface area contributed by atoms with E-state index in [9.17, 15) is 4.79 Å². The van der Waals surface area contributed by atoms with Crippen LogP contribution in [0.3, 0.4) is 0 Å². The molecule has 0 atom stereocenters. The van der Waals surface area contributed by atoms with Gasteiger partial charge in [-0.3, -0.25) is 4.79 Å². The summed E-state index contributed by atoms with van der Waals surface area (Å²) in [5.74, 6) is 0.285. The lowest BCUT2D eigenvalue weighted by atomic mass is 9.99. The summed E-state index contributed by atoms with van der Waals surface area (Å²) in [6, 6.07) is 17.1. The zero-order chi connectivity index (χ0) is 16.4. The first-order valence-corrected chi connectivity index (χ1v) is 8.99. The van der Waals surface area contributed by atoms with Crippen molar-refractivity contribution in [2.45, 2.75) is 32.2 Å². The predicted octanol–water partition coefficient (Wildman–Crippen LogP) is 3.41.